The van der Waals surface area contributed by atoms with E-state index in [-0.39, 0.29) is 17.6 Å². The predicted octanol–water partition coefficient (Wildman–Crippen LogP) is 0.265. The maximum Gasteiger partial charge on any atom is 0.438 e. The summed E-state index contributed by atoms with van der Waals surface area (Å²) in [6, 6.07) is 7.33. The molecule has 4 atom stereocenters. The van der Waals surface area contributed by atoms with Gasteiger partial charge >= 0.3 is 11.9 Å². The number of carbonyl (C=O) groups excluding carboxylic acids is 3. The molecule has 2 aliphatic rings. The van der Waals surface area contributed by atoms with Gasteiger partial charge in [-0.1, -0.05) is 18.2 Å². The zero-order chi connectivity index (χ0) is 18.2. The molecule has 25 heavy (non-hydrogen) atoms. The third kappa shape index (κ3) is 2.79. The number of carbonyl (C=O) groups is 3. The Hall–Kier alpha value is -2.39. The van der Waals surface area contributed by atoms with Crippen LogP contribution in [0.4, 0.5) is 4.79 Å². The third-order valence-electron chi connectivity index (χ3n) is 4.51. The quantitative estimate of drug-likeness (QED) is 0.676. The van der Waals surface area contributed by atoms with E-state index in [0.29, 0.717) is 0 Å². The zero-order valence-corrected chi connectivity index (χ0v) is 13.6. The number of aliphatic hydroxyl groups excluding tert-OH is 2. The maximum absolute atomic E-state index is 13.2. The molecule has 132 valence electrons. The lowest BCUT2D eigenvalue weighted by atomic mass is 10.1. The highest BCUT2D eigenvalue weighted by Gasteiger charge is 2.58. The Balaban J connectivity index is 2.11. The van der Waals surface area contributed by atoms with Gasteiger partial charge in [-0.05, 0) is 19.1 Å². The van der Waals surface area contributed by atoms with Gasteiger partial charge < -0.3 is 14.9 Å². The van der Waals surface area contributed by atoms with Crippen LogP contribution in [0.25, 0.3) is 0 Å². The Bertz CT molecular complexity index is 747. The molecule has 1 aromatic rings. The van der Waals surface area contributed by atoms with Crippen LogP contribution in [-0.4, -0.2) is 57.6 Å². The molecule has 0 spiro atoms. The van der Waals surface area contributed by atoms with Gasteiger partial charge in [0.1, 0.15) is 12.3 Å². The van der Waals surface area contributed by atoms with E-state index in [0.717, 1.165) is 0 Å². The van der Waals surface area contributed by atoms with Crippen molar-refractivity contribution in [3.05, 3.63) is 47.7 Å². The first kappa shape index (κ1) is 17.4. The van der Waals surface area contributed by atoms with E-state index in [4.69, 9.17) is 4.74 Å². The maximum atomic E-state index is 13.2. The Labute approximate surface area is 143 Å². The van der Waals surface area contributed by atoms with Gasteiger partial charge in [-0.2, -0.15) is 0 Å². The number of nitrogens with zero attached hydrogens (tertiary/aromatic N) is 1. The molecule has 0 aromatic heterocycles. The second kappa shape index (κ2) is 6.49. The van der Waals surface area contributed by atoms with Gasteiger partial charge in [-0.3, -0.25) is 4.79 Å². The van der Waals surface area contributed by atoms with E-state index in [1.165, 1.54) is 13.1 Å². The Morgan fingerprint density at radius 1 is 1.32 bits per heavy atom. The lowest BCUT2D eigenvalue weighted by Gasteiger charge is -2.36. The third-order valence-corrected chi connectivity index (χ3v) is 4.51. The van der Waals surface area contributed by atoms with Crippen LogP contribution < -0.4 is 5.32 Å². The smallest absolute Gasteiger partial charge is 0.394 e. The Morgan fingerprint density at radius 2 is 2.00 bits per heavy atom. The summed E-state index contributed by atoms with van der Waals surface area (Å²) in [5.41, 5.74) is 0.455. The van der Waals surface area contributed by atoms with E-state index >= 15 is 0 Å². The number of imide groups is 2. The lowest BCUT2D eigenvalue weighted by molar-refractivity contribution is -0.773. The minimum atomic E-state index is -1.05. The summed E-state index contributed by atoms with van der Waals surface area (Å²) in [4.78, 5) is 37.7. The molecule has 3 N–H and O–H groups in total. The Kier molecular flexibility index (Phi) is 4.53. The van der Waals surface area contributed by atoms with Gasteiger partial charge in [0.15, 0.2) is 0 Å². The number of benzene rings is 1. The van der Waals surface area contributed by atoms with Crippen LogP contribution in [0.1, 0.15) is 23.7 Å². The summed E-state index contributed by atoms with van der Waals surface area (Å²) in [5, 5.41) is 21.5. The minimum absolute atomic E-state index is 0.0325. The molecule has 2 aliphatic heterocycles. The van der Waals surface area contributed by atoms with Crippen molar-refractivity contribution in [1.29, 1.82) is 0 Å². The second-order valence-corrected chi connectivity index (χ2v) is 6.13. The molecule has 1 saturated heterocycles. The number of aliphatic hydroxyl groups is 2. The second-order valence-electron chi connectivity index (χ2n) is 6.13. The number of hydrogen-bond acceptors (Lipinski definition) is 6. The average molecular weight is 347 g/mol. The first-order chi connectivity index (χ1) is 11.9. The monoisotopic (exact) mass is 347 g/mol. The Morgan fingerprint density at radius 3 is 2.60 bits per heavy atom. The summed E-state index contributed by atoms with van der Waals surface area (Å²) in [6.07, 6.45) is -1.75. The van der Waals surface area contributed by atoms with Crippen molar-refractivity contribution in [2.45, 2.75) is 31.8 Å². The van der Waals surface area contributed by atoms with Crippen molar-refractivity contribution in [3.8, 4) is 0 Å². The summed E-state index contributed by atoms with van der Waals surface area (Å²) >= 11 is 0. The number of urea groups is 1. The van der Waals surface area contributed by atoms with E-state index in [9.17, 15) is 24.6 Å². The topological polar surface area (TPSA) is 113 Å². The van der Waals surface area contributed by atoms with Crippen molar-refractivity contribution < 1.29 is 33.8 Å². The molecule has 2 heterocycles. The molecule has 8 nitrogen and oxygen atoms in total. The minimum Gasteiger partial charge on any atom is -0.394 e. The van der Waals surface area contributed by atoms with Crippen LogP contribution in [0.15, 0.2) is 42.1 Å². The van der Waals surface area contributed by atoms with Crippen LogP contribution in [0.2, 0.25) is 0 Å². The first-order valence-electron chi connectivity index (χ1n) is 7.88. The normalized spacial score (nSPS) is 32.3. The van der Waals surface area contributed by atoms with E-state index in [1.807, 2.05) is 0 Å². The van der Waals surface area contributed by atoms with Crippen LogP contribution in [-0.2, 0) is 9.53 Å². The molecule has 0 radical (unpaired) electrons. The lowest BCUT2D eigenvalue weighted by Crippen LogP contribution is -2.66. The van der Waals surface area contributed by atoms with E-state index in [1.54, 1.807) is 30.3 Å². The number of rotatable bonds is 3. The highest BCUT2D eigenvalue weighted by atomic mass is 16.6. The van der Waals surface area contributed by atoms with Crippen LogP contribution in [0.5, 0.6) is 0 Å². The fourth-order valence-corrected chi connectivity index (χ4v) is 3.13. The molecule has 3 rings (SSSR count). The molecule has 1 aromatic carbocycles. The van der Waals surface area contributed by atoms with Crippen molar-refractivity contribution in [1.82, 2.24) is 5.32 Å². The largest absolute Gasteiger partial charge is 0.438 e. The predicted molar refractivity (Wildman–Crippen MR) is 84.7 cm³/mol. The fourth-order valence-electron chi connectivity index (χ4n) is 3.13. The number of quaternary nitrogens is 1. The molecule has 0 saturated carbocycles. The molecule has 4 amide bonds. The van der Waals surface area contributed by atoms with E-state index in [2.05, 4.69) is 5.32 Å². The number of amides is 4. The number of ether oxygens (including phenoxy) is 1. The van der Waals surface area contributed by atoms with Gasteiger partial charge in [0.2, 0.25) is 6.23 Å². The van der Waals surface area contributed by atoms with Crippen molar-refractivity contribution in [2.75, 3.05) is 6.61 Å². The van der Waals surface area contributed by atoms with Gasteiger partial charge in [-0.25, -0.2) is 14.9 Å². The summed E-state index contributed by atoms with van der Waals surface area (Å²) in [7, 11) is 0. The van der Waals surface area contributed by atoms with Crippen LogP contribution >= 0.6 is 0 Å². The molecular formula is C17H19N2O6+. The standard InChI is InChI=1S/C17H18N2O6/c1-10-8-19(17(24)18-15(10)22,14-7-12(21)13(9-20)25-14)16(23)11-5-3-2-4-6-11/h2-6,8,12-14,20-21H,7,9H2,1H3/p+1/t12-,13+,14+,19?/m0/s1. The highest BCUT2D eigenvalue weighted by Crippen LogP contribution is 2.34. The highest BCUT2D eigenvalue weighted by molar-refractivity contribution is 6.08. The van der Waals surface area contributed by atoms with Crippen LogP contribution in [0, 0.1) is 0 Å². The molecule has 0 aliphatic carbocycles. The zero-order valence-electron chi connectivity index (χ0n) is 13.6. The molecule has 0 bridgehead atoms. The number of hydrogen-bond donors (Lipinski definition) is 3. The van der Waals surface area contributed by atoms with Crippen LogP contribution in [0.3, 0.4) is 0 Å². The van der Waals surface area contributed by atoms with Gasteiger partial charge in [-0.15, -0.1) is 4.48 Å². The van der Waals surface area contributed by atoms with Crippen molar-refractivity contribution in [3.63, 3.8) is 0 Å². The molecule has 1 unspecified atom stereocenters. The van der Waals surface area contributed by atoms with Crippen molar-refractivity contribution in [2.24, 2.45) is 0 Å². The summed E-state index contributed by atoms with van der Waals surface area (Å²) in [6.45, 7) is 1.04. The van der Waals surface area contributed by atoms with Gasteiger partial charge in [0.05, 0.1) is 30.3 Å². The molecule has 8 heteroatoms. The molecule has 1 fully saturated rings. The molecular weight excluding hydrogens is 328 g/mol. The SMILES string of the molecule is CC1=C[N+](C(=O)c2ccccc2)([C@H]2C[C@H](O)[C@@H](CO)O2)C(=O)NC1=O. The van der Waals surface area contributed by atoms with E-state index < -0.39 is 47.4 Å². The fraction of sp³-hybridized carbons (Fsp3) is 0.353. The summed E-state index contributed by atoms with van der Waals surface area (Å²) in [5.74, 6) is -1.17. The van der Waals surface area contributed by atoms with Gasteiger partial charge in [0, 0.05) is 0 Å². The first-order valence-corrected chi connectivity index (χ1v) is 7.88. The van der Waals surface area contributed by atoms with Crippen molar-refractivity contribution >= 4 is 17.8 Å². The van der Waals surface area contributed by atoms with Gasteiger partial charge in [0.25, 0.3) is 5.91 Å². The summed E-state index contributed by atoms with van der Waals surface area (Å²) < 4.78 is 4.68. The number of nitrogens with one attached hydrogen (secondary N) is 1. The average Bonchev–Trinajstić information content (AvgIpc) is 2.99.